The molecule has 0 atom stereocenters. The summed E-state index contributed by atoms with van der Waals surface area (Å²) in [4.78, 5) is 30.5. The third kappa shape index (κ3) is 8.54. The van der Waals surface area contributed by atoms with E-state index in [1.807, 2.05) is 6.92 Å². The molecule has 0 saturated heterocycles. The quantitative estimate of drug-likeness (QED) is 0.217. The zero-order chi connectivity index (χ0) is 14.0. The molecule has 0 aromatic heterocycles. The van der Waals surface area contributed by atoms with Crippen LogP contribution in [0.3, 0.4) is 0 Å². The van der Waals surface area contributed by atoms with E-state index in [4.69, 9.17) is 4.89 Å². The molecule has 0 bridgehead atoms. The first-order valence-electron chi connectivity index (χ1n) is 5.39. The van der Waals surface area contributed by atoms with Crippen molar-refractivity contribution in [1.29, 1.82) is 0 Å². The Bertz CT molecular complexity index is 285. The largest absolute Gasteiger partial charge is 0.542 e. The highest BCUT2D eigenvalue weighted by molar-refractivity contribution is 5.81. The summed E-state index contributed by atoms with van der Waals surface area (Å²) in [6, 6.07) is 0. The molecule has 0 amide bonds. The van der Waals surface area contributed by atoms with Crippen LogP contribution in [0, 0.1) is 0 Å². The van der Waals surface area contributed by atoms with Crippen LogP contribution in [0.25, 0.3) is 0 Å². The summed E-state index contributed by atoms with van der Waals surface area (Å²) in [5.74, 6) is -0.601. The standard InChI is InChI=1S/C11H18O7/c1-5-9(12)14-7-8-15-10(13)16-18-17-11(3,4)6-2/h5H,1,6-8H2,2-4H3. The van der Waals surface area contributed by atoms with Gasteiger partial charge in [0.05, 0.1) is 0 Å². The van der Waals surface area contributed by atoms with E-state index in [0.29, 0.717) is 6.42 Å². The normalized spacial score (nSPS) is 10.6. The van der Waals surface area contributed by atoms with Gasteiger partial charge in [-0.2, -0.15) is 4.89 Å². The molecule has 0 aliphatic heterocycles. The Kier molecular flexibility index (Phi) is 7.73. The Morgan fingerprint density at radius 3 is 2.39 bits per heavy atom. The van der Waals surface area contributed by atoms with Gasteiger partial charge in [-0.3, -0.25) is 0 Å². The number of carbonyl (C=O) groups excluding carboxylic acids is 2. The summed E-state index contributed by atoms with van der Waals surface area (Å²) in [6.07, 6.45) is 0.585. The minimum atomic E-state index is -1.09. The van der Waals surface area contributed by atoms with Crippen molar-refractivity contribution >= 4 is 12.1 Å². The van der Waals surface area contributed by atoms with E-state index in [0.717, 1.165) is 6.08 Å². The second kappa shape index (κ2) is 8.48. The number of hydrogen-bond donors (Lipinski definition) is 0. The summed E-state index contributed by atoms with van der Waals surface area (Å²) < 4.78 is 9.06. The lowest BCUT2D eigenvalue weighted by Gasteiger charge is -2.19. The fourth-order valence-corrected chi connectivity index (χ4v) is 0.546. The van der Waals surface area contributed by atoms with Crippen LogP contribution in [0.1, 0.15) is 27.2 Å². The molecule has 0 unspecified atom stereocenters. The highest BCUT2D eigenvalue weighted by Crippen LogP contribution is 2.13. The highest BCUT2D eigenvalue weighted by atomic mass is 17.5. The van der Waals surface area contributed by atoms with Crippen molar-refractivity contribution in [2.45, 2.75) is 32.8 Å². The minimum absolute atomic E-state index is 0.0960. The highest BCUT2D eigenvalue weighted by Gasteiger charge is 2.19. The van der Waals surface area contributed by atoms with E-state index in [1.54, 1.807) is 13.8 Å². The van der Waals surface area contributed by atoms with Crippen molar-refractivity contribution in [3.63, 3.8) is 0 Å². The van der Waals surface area contributed by atoms with Crippen molar-refractivity contribution in [3.05, 3.63) is 12.7 Å². The van der Waals surface area contributed by atoms with Crippen LogP contribution in [-0.4, -0.2) is 30.9 Å². The molecule has 0 radical (unpaired) electrons. The van der Waals surface area contributed by atoms with Gasteiger partial charge in [-0.05, 0) is 25.3 Å². The number of rotatable bonds is 8. The molecule has 0 heterocycles. The molecule has 104 valence electrons. The average molecular weight is 262 g/mol. The first kappa shape index (κ1) is 16.4. The molecular weight excluding hydrogens is 244 g/mol. The van der Waals surface area contributed by atoms with Crippen LogP contribution in [-0.2, 0) is 29.1 Å². The smallest absolute Gasteiger partial charge is 0.459 e. The zero-order valence-corrected chi connectivity index (χ0v) is 10.8. The van der Waals surface area contributed by atoms with E-state index in [-0.39, 0.29) is 13.2 Å². The van der Waals surface area contributed by atoms with Crippen LogP contribution < -0.4 is 0 Å². The van der Waals surface area contributed by atoms with Gasteiger partial charge in [-0.1, -0.05) is 13.5 Å². The van der Waals surface area contributed by atoms with Gasteiger partial charge < -0.3 is 9.47 Å². The lowest BCUT2D eigenvalue weighted by Crippen LogP contribution is -2.24. The van der Waals surface area contributed by atoms with Crippen molar-refractivity contribution in [2.24, 2.45) is 0 Å². The summed E-state index contributed by atoms with van der Waals surface area (Å²) in [5.41, 5.74) is -0.570. The molecular formula is C11H18O7. The summed E-state index contributed by atoms with van der Waals surface area (Å²) in [6.45, 7) is 8.36. The first-order chi connectivity index (χ1) is 8.41. The Hall–Kier alpha value is -1.60. The number of esters is 1. The van der Waals surface area contributed by atoms with E-state index >= 15 is 0 Å². The van der Waals surface area contributed by atoms with Gasteiger partial charge in [0.1, 0.15) is 18.8 Å². The molecule has 0 N–H and O–H groups in total. The van der Waals surface area contributed by atoms with Gasteiger partial charge in [0.25, 0.3) is 0 Å². The van der Waals surface area contributed by atoms with Gasteiger partial charge in [0.2, 0.25) is 0 Å². The molecule has 0 aromatic rings. The minimum Gasteiger partial charge on any atom is -0.459 e. The molecule has 18 heavy (non-hydrogen) atoms. The maximum atomic E-state index is 10.9. The van der Waals surface area contributed by atoms with E-state index < -0.39 is 17.7 Å². The fraction of sp³-hybridized carbons (Fsp3) is 0.636. The van der Waals surface area contributed by atoms with Gasteiger partial charge in [0.15, 0.2) is 0 Å². The Morgan fingerprint density at radius 1 is 1.22 bits per heavy atom. The van der Waals surface area contributed by atoms with E-state index in [2.05, 4.69) is 26.0 Å². The van der Waals surface area contributed by atoms with Crippen molar-refractivity contribution in [2.75, 3.05) is 13.2 Å². The SMILES string of the molecule is C=CC(=O)OCCOC(=O)OOOC(C)(C)CC. The lowest BCUT2D eigenvalue weighted by atomic mass is 10.1. The molecule has 0 aromatic carbocycles. The summed E-state index contributed by atoms with van der Waals surface area (Å²) >= 11 is 0. The van der Waals surface area contributed by atoms with Crippen LogP contribution >= 0.6 is 0 Å². The predicted octanol–water partition coefficient (Wildman–Crippen LogP) is 1.92. The van der Waals surface area contributed by atoms with Gasteiger partial charge in [-0.25, -0.2) is 14.5 Å². The fourth-order valence-electron chi connectivity index (χ4n) is 0.546. The van der Waals surface area contributed by atoms with E-state index in [1.165, 1.54) is 0 Å². The number of ether oxygens (including phenoxy) is 2. The third-order valence-electron chi connectivity index (χ3n) is 1.93. The Morgan fingerprint density at radius 2 is 1.83 bits per heavy atom. The third-order valence-corrected chi connectivity index (χ3v) is 1.93. The molecule has 0 aliphatic carbocycles. The van der Waals surface area contributed by atoms with Crippen molar-refractivity contribution < 1.29 is 33.9 Å². The van der Waals surface area contributed by atoms with Gasteiger partial charge in [0, 0.05) is 6.08 Å². The van der Waals surface area contributed by atoms with Gasteiger partial charge in [-0.15, -0.1) is 0 Å². The van der Waals surface area contributed by atoms with Gasteiger partial charge >= 0.3 is 12.1 Å². The van der Waals surface area contributed by atoms with Crippen LogP contribution in [0.5, 0.6) is 0 Å². The summed E-state index contributed by atoms with van der Waals surface area (Å²) in [7, 11) is 0. The number of carbonyl (C=O) groups is 2. The maximum Gasteiger partial charge on any atom is 0.542 e. The molecule has 0 rings (SSSR count). The molecule has 7 heteroatoms. The molecule has 0 fully saturated rings. The average Bonchev–Trinajstić information content (AvgIpc) is 2.34. The molecule has 0 spiro atoms. The topological polar surface area (TPSA) is 80.3 Å². The van der Waals surface area contributed by atoms with Crippen LogP contribution in [0.2, 0.25) is 0 Å². The molecule has 0 aliphatic rings. The van der Waals surface area contributed by atoms with Crippen molar-refractivity contribution in [1.82, 2.24) is 0 Å². The number of hydrogen-bond acceptors (Lipinski definition) is 7. The van der Waals surface area contributed by atoms with E-state index in [9.17, 15) is 9.59 Å². The Labute approximate surface area is 105 Å². The van der Waals surface area contributed by atoms with Crippen LogP contribution in [0.4, 0.5) is 4.79 Å². The lowest BCUT2D eigenvalue weighted by molar-refractivity contribution is -0.517. The predicted molar refractivity (Wildman–Crippen MR) is 60.1 cm³/mol. The maximum absolute atomic E-state index is 10.9. The Balaban J connectivity index is 3.55. The zero-order valence-electron chi connectivity index (χ0n) is 10.8. The second-order valence-corrected chi connectivity index (χ2v) is 3.82. The second-order valence-electron chi connectivity index (χ2n) is 3.82. The molecule has 0 saturated carbocycles. The molecule has 7 nitrogen and oxygen atoms in total. The summed E-state index contributed by atoms with van der Waals surface area (Å²) in [5, 5.41) is 4.25. The first-order valence-corrected chi connectivity index (χ1v) is 5.39. The van der Waals surface area contributed by atoms with Crippen LogP contribution in [0.15, 0.2) is 12.7 Å². The van der Waals surface area contributed by atoms with Crippen molar-refractivity contribution in [3.8, 4) is 0 Å². The monoisotopic (exact) mass is 262 g/mol.